The van der Waals surface area contributed by atoms with Crippen molar-refractivity contribution in [3.8, 4) is 0 Å². The molecule has 1 aliphatic carbocycles. The van der Waals surface area contributed by atoms with Gasteiger partial charge in [0.05, 0.1) is 6.61 Å². The number of rotatable bonds is 11. The van der Waals surface area contributed by atoms with E-state index >= 15 is 0 Å². The lowest BCUT2D eigenvalue weighted by Gasteiger charge is -2.22. The van der Waals surface area contributed by atoms with Crippen molar-refractivity contribution >= 4 is 11.9 Å². The molecule has 0 aromatic heterocycles. The van der Waals surface area contributed by atoms with Gasteiger partial charge in [0.15, 0.2) is 5.96 Å². The Morgan fingerprint density at radius 2 is 2.04 bits per heavy atom. The second kappa shape index (κ2) is 11.6. The van der Waals surface area contributed by atoms with Gasteiger partial charge in [0.2, 0.25) is 0 Å². The van der Waals surface area contributed by atoms with E-state index in [2.05, 4.69) is 25.8 Å². The number of aliphatic imine (C=N–C) groups is 1. The largest absolute Gasteiger partial charge is 0.383 e. The molecule has 1 saturated carbocycles. The van der Waals surface area contributed by atoms with Gasteiger partial charge in [-0.25, -0.2) is 0 Å². The number of methoxy groups -OCH3 is 1. The van der Waals surface area contributed by atoms with Gasteiger partial charge in [0.1, 0.15) is 0 Å². The average Bonchev–Trinajstić information content (AvgIpc) is 3.54. The smallest absolute Gasteiger partial charge is 0.251 e. The van der Waals surface area contributed by atoms with Crippen LogP contribution in [0.4, 0.5) is 0 Å². The van der Waals surface area contributed by atoms with Crippen LogP contribution in [0.25, 0.3) is 0 Å². The summed E-state index contributed by atoms with van der Waals surface area (Å²) in [6, 6.07) is 8.43. The maximum Gasteiger partial charge on any atom is 0.251 e. The van der Waals surface area contributed by atoms with Crippen molar-refractivity contribution in [1.29, 1.82) is 0 Å². The molecule has 150 valence electrons. The fraction of sp³-hybridized carbons (Fsp3) is 0.600. The summed E-state index contributed by atoms with van der Waals surface area (Å²) >= 11 is 0. The summed E-state index contributed by atoms with van der Waals surface area (Å²) in [6.45, 7) is 4.36. The summed E-state index contributed by atoms with van der Waals surface area (Å²) in [7, 11) is 5.18. The standard InChI is InChI=1S/C20H33N5O2/c1-21-19(26)17-6-4-5-16(15-17)9-10-23-20(22-2)24-11-12-25(13-14-27-3)18-7-8-18/h4-6,15,18H,7-14H2,1-3H3,(H,21,26)(H2,22,23,24). The van der Waals surface area contributed by atoms with Crippen LogP contribution in [-0.2, 0) is 11.2 Å². The molecule has 0 radical (unpaired) electrons. The van der Waals surface area contributed by atoms with Crippen molar-refractivity contribution in [3.63, 3.8) is 0 Å². The summed E-state index contributed by atoms with van der Waals surface area (Å²) in [6.07, 6.45) is 3.42. The predicted molar refractivity (Wildman–Crippen MR) is 109 cm³/mol. The third-order valence-electron chi connectivity index (χ3n) is 4.68. The second-order valence-electron chi connectivity index (χ2n) is 6.72. The Morgan fingerprint density at radius 1 is 1.26 bits per heavy atom. The molecular weight excluding hydrogens is 342 g/mol. The Morgan fingerprint density at radius 3 is 2.70 bits per heavy atom. The molecule has 0 atom stereocenters. The first-order valence-corrected chi connectivity index (χ1v) is 9.66. The first-order valence-electron chi connectivity index (χ1n) is 9.66. The minimum absolute atomic E-state index is 0.0593. The number of amides is 1. The maximum atomic E-state index is 11.7. The topological polar surface area (TPSA) is 78.0 Å². The highest BCUT2D eigenvalue weighted by Gasteiger charge is 2.28. The van der Waals surface area contributed by atoms with Gasteiger partial charge in [-0.2, -0.15) is 0 Å². The van der Waals surface area contributed by atoms with Gasteiger partial charge in [0, 0.05) is 59.0 Å². The molecule has 1 aromatic rings. The number of nitrogens with one attached hydrogen (secondary N) is 3. The molecular formula is C20H33N5O2. The fourth-order valence-corrected chi connectivity index (χ4v) is 3.00. The molecule has 0 bridgehead atoms. The van der Waals surface area contributed by atoms with Gasteiger partial charge in [-0.3, -0.25) is 14.7 Å². The van der Waals surface area contributed by atoms with Crippen molar-refractivity contribution in [1.82, 2.24) is 20.9 Å². The molecule has 27 heavy (non-hydrogen) atoms. The van der Waals surface area contributed by atoms with Crippen LogP contribution in [0, 0.1) is 0 Å². The first kappa shape index (κ1) is 21.2. The third-order valence-corrected chi connectivity index (χ3v) is 4.68. The molecule has 0 aliphatic heterocycles. The quantitative estimate of drug-likeness (QED) is 0.395. The molecule has 0 spiro atoms. The zero-order valence-electron chi connectivity index (χ0n) is 16.8. The monoisotopic (exact) mass is 375 g/mol. The number of carbonyl (C=O) groups excluding carboxylic acids is 1. The molecule has 0 saturated heterocycles. The van der Waals surface area contributed by atoms with Crippen molar-refractivity contribution in [3.05, 3.63) is 35.4 Å². The normalized spacial score (nSPS) is 14.3. The van der Waals surface area contributed by atoms with E-state index in [0.29, 0.717) is 5.56 Å². The Hall–Kier alpha value is -2.12. The van der Waals surface area contributed by atoms with Crippen LogP contribution < -0.4 is 16.0 Å². The highest BCUT2D eigenvalue weighted by molar-refractivity contribution is 5.94. The Labute approximate surface area is 162 Å². The van der Waals surface area contributed by atoms with Crippen molar-refractivity contribution in [2.24, 2.45) is 4.99 Å². The number of nitrogens with zero attached hydrogens (tertiary/aromatic N) is 2. The van der Waals surface area contributed by atoms with Crippen LogP contribution >= 0.6 is 0 Å². The Kier molecular flexibility index (Phi) is 9.07. The zero-order valence-corrected chi connectivity index (χ0v) is 16.8. The fourth-order valence-electron chi connectivity index (χ4n) is 3.00. The molecule has 1 amide bonds. The first-order chi connectivity index (χ1) is 13.2. The Bertz CT molecular complexity index is 616. The van der Waals surface area contributed by atoms with Gasteiger partial charge >= 0.3 is 0 Å². The molecule has 0 heterocycles. The summed E-state index contributed by atoms with van der Waals surface area (Å²) in [5.74, 6) is 0.746. The molecule has 7 heteroatoms. The van der Waals surface area contributed by atoms with E-state index in [0.717, 1.165) is 56.8 Å². The van der Waals surface area contributed by atoms with Gasteiger partial charge < -0.3 is 20.7 Å². The van der Waals surface area contributed by atoms with Crippen molar-refractivity contribution < 1.29 is 9.53 Å². The summed E-state index contributed by atoms with van der Waals surface area (Å²) in [4.78, 5) is 18.5. The van der Waals surface area contributed by atoms with Gasteiger partial charge in [-0.15, -0.1) is 0 Å². The highest BCUT2D eigenvalue weighted by atomic mass is 16.5. The number of hydrogen-bond acceptors (Lipinski definition) is 4. The number of guanidine groups is 1. The van der Waals surface area contributed by atoms with Crippen LogP contribution in [-0.4, -0.2) is 76.8 Å². The highest BCUT2D eigenvalue weighted by Crippen LogP contribution is 2.25. The van der Waals surface area contributed by atoms with Gasteiger partial charge in [-0.05, 0) is 37.0 Å². The number of benzene rings is 1. The Balaban J connectivity index is 1.70. The van der Waals surface area contributed by atoms with E-state index in [1.807, 2.05) is 24.3 Å². The molecule has 0 unspecified atom stereocenters. The van der Waals surface area contributed by atoms with Crippen molar-refractivity contribution in [2.45, 2.75) is 25.3 Å². The minimum Gasteiger partial charge on any atom is -0.383 e. The van der Waals surface area contributed by atoms with Crippen LogP contribution in [0.5, 0.6) is 0 Å². The van der Waals surface area contributed by atoms with E-state index in [-0.39, 0.29) is 5.91 Å². The van der Waals surface area contributed by atoms with Gasteiger partial charge in [0.25, 0.3) is 5.91 Å². The SMILES string of the molecule is CN=C(NCCc1cccc(C(=O)NC)c1)NCCN(CCOC)C1CC1. The lowest BCUT2D eigenvalue weighted by Crippen LogP contribution is -2.43. The van der Waals surface area contributed by atoms with E-state index in [9.17, 15) is 4.79 Å². The summed E-state index contributed by atoms with van der Waals surface area (Å²) in [5, 5.41) is 9.37. The van der Waals surface area contributed by atoms with Crippen LogP contribution in [0.2, 0.25) is 0 Å². The average molecular weight is 376 g/mol. The molecule has 7 nitrogen and oxygen atoms in total. The predicted octanol–water partition coefficient (Wildman–Crippen LogP) is 0.865. The maximum absolute atomic E-state index is 11.7. The molecule has 1 aromatic carbocycles. The third kappa shape index (κ3) is 7.56. The van der Waals surface area contributed by atoms with Crippen LogP contribution in [0.3, 0.4) is 0 Å². The number of hydrogen-bond donors (Lipinski definition) is 3. The molecule has 1 aliphatic rings. The number of ether oxygens (including phenoxy) is 1. The van der Waals surface area contributed by atoms with E-state index < -0.39 is 0 Å². The van der Waals surface area contributed by atoms with Crippen molar-refractivity contribution in [2.75, 3.05) is 54.0 Å². The molecule has 2 rings (SSSR count). The van der Waals surface area contributed by atoms with Crippen LogP contribution in [0.15, 0.2) is 29.3 Å². The minimum atomic E-state index is -0.0593. The van der Waals surface area contributed by atoms with E-state index in [1.165, 1.54) is 12.8 Å². The zero-order chi connectivity index (χ0) is 19.5. The van der Waals surface area contributed by atoms with Crippen LogP contribution in [0.1, 0.15) is 28.8 Å². The lowest BCUT2D eigenvalue weighted by molar-refractivity contribution is 0.0963. The van der Waals surface area contributed by atoms with E-state index in [1.54, 1.807) is 21.2 Å². The van der Waals surface area contributed by atoms with E-state index in [4.69, 9.17) is 4.74 Å². The summed E-state index contributed by atoms with van der Waals surface area (Å²) < 4.78 is 5.20. The molecule has 1 fully saturated rings. The second-order valence-corrected chi connectivity index (χ2v) is 6.72. The molecule has 3 N–H and O–H groups in total. The number of carbonyl (C=O) groups is 1. The lowest BCUT2D eigenvalue weighted by atomic mass is 10.1. The summed E-state index contributed by atoms with van der Waals surface area (Å²) in [5.41, 5.74) is 1.81. The van der Waals surface area contributed by atoms with Gasteiger partial charge in [-0.1, -0.05) is 12.1 Å².